The maximum atomic E-state index is 12.1. The van der Waals surface area contributed by atoms with E-state index in [1.54, 1.807) is 36.4 Å². The summed E-state index contributed by atoms with van der Waals surface area (Å²) >= 11 is 13.7. The summed E-state index contributed by atoms with van der Waals surface area (Å²) in [7, 11) is 0. The summed E-state index contributed by atoms with van der Waals surface area (Å²) < 4.78 is 11.5. The number of nitrogens with zero attached hydrogens (tertiary/aromatic N) is 1. The van der Waals surface area contributed by atoms with Crippen LogP contribution in [-0.2, 0) is 11.4 Å². The molecule has 0 saturated carbocycles. The molecule has 1 amide bonds. The molecule has 0 aliphatic carbocycles. The third kappa shape index (κ3) is 8.20. The number of ether oxygens (including phenoxy) is 2. The standard InChI is InChI=1S/C25H22Cl2N2O5S/c1-2-33-22-12-17(13-28-29-23(30)15-35-20-9-7-19(26)8-10-20)11-21(27)24(22)34-14-16-3-5-18(6-4-16)25(31)32/h3-13H,2,14-15H2,1H3,(H,29,30)(H,31,32)/b28-13-. The largest absolute Gasteiger partial charge is 0.490 e. The van der Waals surface area contributed by atoms with E-state index in [-0.39, 0.29) is 23.8 Å². The number of carboxylic acids is 1. The summed E-state index contributed by atoms with van der Waals surface area (Å²) in [6.07, 6.45) is 1.47. The van der Waals surface area contributed by atoms with Gasteiger partial charge in [0.2, 0.25) is 5.91 Å². The molecule has 3 aromatic carbocycles. The Morgan fingerprint density at radius 3 is 2.43 bits per heavy atom. The number of nitrogens with one attached hydrogen (secondary N) is 1. The van der Waals surface area contributed by atoms with Crippen LogP contribution in [0.2, 0.25) is 10.0 Å². The number of carboxylic acid groups (broad SMARTS) is 1. The lowest BCUT2D eigenvalue weighted by atomic mass is 10.1. The molecule has 10 heteroatoms. The van der Waals surface area contributed by atoms with Gasteiger partial charge in [0.15, 0.2) is 11.5 Å². The number of hydrogen-bond donors (Lipinski definition) is 2. The smallest absolute Gasteiger partial charge is 0.335 e. The molecule has 0 aliphatic heterocycles. The van der Waals surface area contributed by atoms with Crippen molar-refractivity contribution < 1.29 is 24.2 Å². The first-order valence-corrected chi connectivity index (χ1v) is 12.2. The first-order chi connectivity index (χ1) is 16.9. The zero-order valence-electron chi connectivity index (χ0n) is 18.7. The number of carbonyl (C=O) groups is 2. The fourth-order valence-corrected chi connectivity index (χ4v) is 3.95. The minimum Gasteiger partial charge on any atom is -0.490 e. The van der Waals surface area contributed by atoms with Gasteiger partial charge in [-0.3, -0.25) is 4.79 Å². The number of amides is 1. The monoisotopic (exact) mass is 532 g/mol. The number of thioether (sulfide) groups is 1. The van der Waals surface area contributed by atoms with E-state index in [4.69, 9.17) is 37.8 Å². The maximum Gasteiger partial charge on any atom is 0.335 e. The molecule has 0 spiro atoms. The van der Waals surface area contributed by atoms with E-state index in [9.17, 15) is 9.59 Å². The lowest BCUT2D eigenvalue weighted by Crippen LogP contribution is -2.19. The second kappa shape index (κ2) is 13.0. The molecule has 35 heavy (non-hydrogen) atoms. The number of hydrogen-bond acceptors (Lipinski definition) is 6. The van der Waals surface area contributed by atoms with Crippen LogP contribution in [0.25, 0.3) is 0 Å². The SMILES string of the molecule is CCOc1cc(/C=N\NC(=O)CSc2ccc(Cl)cc2)cc(Cl)c1OCc1ccc(C(=O)O)cc1. The summed E-state index contributed by atoms with van der Waals surface area (Å²) in [5, 5.41) is 14.0. The van der Waals surface area contributed by atoms with Gasteiger partial charge in [-0.05, 0) is 66.6 Å². The Balaban J connectivity index is 1.60. The second-order valence-electron chi connectivity index (χ2n) is 7.09. The van der Waals surface area contributed by atoms with Crippen molar-refractivity contribution in [1.82, 2.24) is 5.43 Å². The van der Waals surface area contributed by atoms with Crippen molar-refractivity contribution >= 4 is 53.1 Å². The van der Waals surface area contributed by atoms with Crippen molar-refractivity contribution in [3.63, 3.8) is 0 Å². The predicted molar refractivity (Wildman–Crippen MR) is 138 cm³/mol. The Labute approximate surface area is 217 Å². The minimum atomic E-state index is -0.993. The van der Waals surface area contributed by atoms with E-state index in [1.165, 1.54) is 30.1 Å². The molecule has 182 valence electrons. The Kier molecular flexibility index (Phi) is 9.84. The summed E-state index contributed by atoms with van der Waals surface area (Å²) in [4.78, 5) is 24.0. The van der Waals surface area contributed by atoms with Crippen LogP contribution >= 0.6 is 35.0 Å². The third-order valence-electron chi connectivity index (χ3n) is 4.50. The van der Waals surface area contributed by atoms with Gasteiger partial charge in [0.1, 0.15) is 6.61 Å². The van der Waals surface area contributed by atoms with Gasteiger partial charge >= 0.3 is 5.97 Å². The van der Waals surface area contributed by atoms with Crippen LogP contribution in [0, 0.1) is 0 Å². The van der Waals surface area contributed by atoms with Crippen LogP contribution in [-0.4, -0.2) is 35.6 Å². The van der Waals surface area contributed by atoms with Crippen LogP contribution in [0.4, 0.5) is 0 Å². The fourth-order valence-electron chi connectivity index (χ4n) is 2.86. The van der Waals surface area contributed by atoms with Crippen LogP contribution < -0.4 is 14.9 Å². The van der Waals surface area contributed by atoms with Crippen LogP contribution in [0.1, 0.15) is 28.4 Å². The third-order valence-corrected chi connectivity index (χ3v) is 6.05. The highest BCUT2D eigenvalue weighted by molar-refractivity contribution is 8.00. The highest BCUT2D eigenvalue weighted by Crippen LogP contribution is 2.37. The number of carbonyl (C=O) groups excluding carboxylic acids is 1. The molecule has 2 N–H and O–H groups in total. The summed E-state index contributed by atoms with van der Waals surface area (Å²) in [5.41, 5.74) is 4.07. The zero-order valence-corrected chi connectivity index (χ0v) is 21.0. The van der Waals surface area contributed by atoms with Crippen LogP contribution in [0.3, 0.4) is 0 Å². The van der Waals surface area contributed by atoms with Crippen molar-refractivity contribution in [3.8, 4) is 11.5 Å². The van der Waals surface area contributed by atoms with Gasteiger partial charge in [-0.1, -0.05) is 35.3 Å². The lowest BCUT2D eigenvalue weighted by Gasteiger charge is -2.14. The van der Waals surface area contributed by atoms with Crippen molar-refractivity contribution in [3.05, 3.63) is 87.4 Å². The van der Waals surface area contributed by atoms with Crippen molar-refractivity contribution in [2.45, 2.75) is 18.4 Å². The average Bonchev–Trinajstić information content (AvgIpc) is 2.83. The molecule has 3 rings (SSSR count). The highest BCUT2D eigenvalue weighted by atomic mass is 35.5. The van der Waals surface area contributed by atoms with Crippen molar-refractivity contribution in [2.75, 3.05) is 12.4 Å². The Hall–Kier alpha value is -3.20. The first kappa shape index (κ1) is 26.4. The number of hydrazone groups is 1. The predicted octanol–water partition coefficient (Wildman–Crippen LogP) is 5.91. The minimum absolute atomic E-state index is 0.175. The molecule has 7 nitrogen and oxygen atoms in total. The fraction of sp³-hybridized carbons (Fsp3) is 0.160. The maximum absolute atomic E-state index is 12.1. The topological polar surface area (TPSA) is 97.2 Å². The van der Waals surface area contributed by atoms with Crippen molar-refractivity contribution in [2.24, 2.45) is 5.10 Å². The Morgan fingerprint density at radius 2 is 1.77 bits per heavy atom. The van der Waals surface area contributed by atoms with Gasteiger partial charge in [0.25, 0.3) is 0 Å². The summed E-state index contributed by atoms with van der Waals surface area (Å²) in [6.45, 7) is 2.40. The molecular formula is C25H22Cl2N2O5S. The molecule has 0 fully saturated rings. The lowest BCUT2D eigenvalue weighted by molar-refractivity contribution is -0.118. The molecule has 0 atom stereocenters. The van der Waals surface area contributed by atoms with Gasteiger partial charge in [0.05, 0.1) is 29.2 Å². The molecule has 0 unspecified atom stereocenters. The number of aromatic carboxylic acids is 1. The molecule has 0 heterocycles. The molecule has 3 aromatic rings. The van der Waals surface area contributed by atoms with Crippen LogP contribution in [0.15, 0.2) is 70.7 Å². The number of rotatable bonds is 11. The molecule has 0 saturated heterocycles. The van der Waals surface area contributed by atoms with Crippen molar-refractivity contribution in [1.29, 1.82) is 0 Å². The number of benzene rings is 3. The Bertz CT molecular complexity index is 1200. The van der Waals surface area contributed by atoms with Gasteiger partial charge in [-0.2, -0.15) is 5.10 Å². The Morgan fingerprint density at radius 1 is 1.06 bits per heavy atom. The van der Waals surface area contributed by atoms with E-state index < -0.39 is 5.97 Å². The number of halogens is 2. The van der Waals surface area contributed by atoms with E-state index >= 15 is 0 Å². The average molecular weight is 533 g/mol. The molecule has 0 aliphatic rings. The van der Waals surface area contributed by atoms with E-state index in [0.717, 1.165) is 10.5 Å². The molecule has 0 aromatic heterocycles. The van der Waals surface area contributed by atoms with Gasteiger partial charge < -0.3 is 14.6 Å². The molecule has 0 radical (unpaired) electrons. The summed E-state index contributed by atoms with van der Waals surface area (Å²) in [6, 6.07) is 16.9. The first-order valence-electron chi connectivity index (χ1n) is 10.5. The zero-order chi connectivity index (χ0) is 25.2. The normalized spacial score (nSPS) is 10.8. The molecular weight excluding hydrogens is 511 g/mol. The summed E-state index contributed by atoms with van der Waals surface area (Å²) in [5.74, 6) is -0.270. The highest BCUT2D eigenvalue weighted by Gasteiger charge is 2.13. The second-order valence-corrected chi connectivity index (χ2v) is 8.98. The van der Waals surface area contributed by atoms with Gasteiger partial charge in [0, 0.05) is 9.92 Å². The van der Waals surface area contributed by atoms with Gasteiger partial charge in [-0.15, -0.1) is 11.8 Å². The van der Waals surface area contributed by atoms with E-state index in [1.807, 2.05) is 19.1 Å². The van der Waals surface area contributed by atoms with E-state index in [2.05, 4.69) is 10.5 Å². The van der Waals surface area contributed by atoms with Crippen LogP contribution in [0.5, 0.6) is 11.5 Å². The van der Waals surface area contributed by atoms with E-state index in [0.29, 0.717) is 33.7 Å². The quantitative estimate of drug-likeness (QED) is 0.181. The molecule has 0 bridgehead atoms. The van der Waals surface area contributed by atoms with Gasteiger partial charge in [-0.25, -0.2) is 10.2 Å².